The molecule has 0 saturated carbocycles. The number of methoxy groups -OCH3 is 1. The van der Waals surface area contributed by atoms with Crippen LogP contribution in [0, 0.1) is 25.7 Å². The van der Waals surface area contributed by atoms with Gasteiger partial charge in [-0.25, -0.2) is 4.79 Å². The summed E-state index contributed by atoms with van der Waals surface area (Å²) < 4.78 is 4.83. The quantitative estimate of drug-likeness (QED) is 0.355. The largest absolute Gasteiger partial charge is 0.465 e. The van der Waals surface area contributed by atoms with Crippen LogP contribution in [0.3, 0.4) is 0 Å². The van der Waals surface area contributed by atoms with Gasteiger partial charge in [0.15, 0.2) is 0 Å². The van der Waals surface area contributed by atoms with Gasteiger partial charge >= 0.3 is 5.97 Å². The molecule has 2 nitrogen and oxygen atoms in total. The maximum atomic E-state index is 11.8. The third kappa shape index (κ3) is 4.07. The molecule has 2 unspecified atom stereocenters. The third-order valence-corrected chi connectivity index (χ3v) is 8.16. The molecule has 0 fully saturated rings. The zero-order valence-corrected chi connectivity index (χ0v) is 21.6. The molecule has 0 N–H and O–H groups in total. The molecule has 1 aliphatic carbocycles. The number of hydrogen-bond donors (Lipinski definition) is 0. The lowest BCUT2D eigenvalue weighted by Crippen LogP contribution is -2.54. The average molecular weight is 460 g/mol. The first-order valence-electron chi connectivity index (χ1n) is 12.6. The highest BCUT2D eigenvalue weighted by molar-refractivity contribution is 6.92. The van der Waals surface area contributed by atoms with Gasteiger partial charge in [0.25, 0.3) is 0 Å². The van der Waals surface area contributed by atoms with E-state index in [0.717, 1.165) is 17.5 Å². The number of aryl methyl sites for hydroxylation is 2. The lowest BCUT2D eigenvalue weighted by molar-refractivity contribution is 0.0600. The summed E-state index contributed by atoms with van der Waals surface area (Å²) in [6.07, 6.45) is 3.53. The summed E-state index contributed by atoms with van der Waals surface area (Å²) >= 11 is 0. The van der Waals surface area contributed by atoms with Gasteiger partial charge in [0.05, 0.1) is 12.7 Å². The van der Waals surface area contributed by atoms with Crippen LogP contribution in [0.5, 0.6) is 0 Å². The van der Waals surface area contributed by atoms with Crippen molar-refractivity contribution in [1.82, 2.24) is 0 Å². The minimum absolute atomic E-state index is 0.284. The molecular formula is C32H33BO2. The highest BCUT2D eigenvalue weighted by Gasteiger charge is 2.41. The standard InChI is InChI=1S/C32H33BO2/c1-19-15-21(3)30-27(16-19)18-29-23(5)20(2)17-22(4)31(29)33(30)28-13-11-25(12-14-28)24-7-9-26(10-8-24)32(34)35-6/h7-17,23,29H,18H2,1-6H3. The predicted octanol–water partition coefficient (Wildman–Crippen LogP) is 5.99. The van der Waals surface area contributed by atoms with Crippen molar-refractivity contribution in [2.45, 2.75) is 41.0 Å². The van der Waals surface area contributed by atoms with E-state index in [0.29, 0.717) is 17.4 Å². The van der Waals surface area contributed by atoms with Gasteiger partial charge in [0, 0.05) is 0 Å². The molecule has 0 aromatic heterocycles. The number of esters is 1. The fourth-order valence-corrected chi connectivity index (χ4v) is 6.34. The molecule has 2 aliphatic rings. The topological polar surface area (TPSA) is 26.3 Å². The second-order valence-corrected chi connectivity index (χ2v) is 10.4. The summed E-state index contributed by atoms with van der Waals surface area (Å²) in [5.41, 5.74) is 14.4. The van der Waals surface area contributed by atoms with E-state index in [1.54, 1.807) is 5.47 Å². The van der Waals surface area contributed by atoms with Crippen LogP contribution in [0.2, 0.25) is 0 Å². The Labute approximate surface area is 209 Å². The molecule has 0 radical (unpaired) electrons. The predicted molar refractivity (Wildman–Crippen MR) is 147 cm³/mol. The summed E-state index contributed by atoms with van der Waals surface area (Å²) in [7, 11) is 1.41. The van der Waals surface area contributed by atoms with E-state index >= 15 is 0 Å². The zero-order valence-electron chi connectivity index (χ0n) is 21.6. The maximum absolute atomic E-state index is 11.8. The van der Waals surface area contributed by atoms with Crippen molar-refractivity contribution < 1.29 is 9.53 Å². The van der Waals surface area contributed by atoms with Crippen molar-refractivity contribution in [3.05, 3.63) is 106 Å². The smallest absolute Gasteiger partial charge is 0.337 e. The summed E-state index contributed by atoms with van der Waals surface area (Å²) in [5, 5.41) is 0. The van der Waals surface area contributed by atoms with E-state index < -0.39 is 0 Å². The molecule has 176 valence electrons. The Kier molecular flexibility index (Phi) is 6.05. The molecule has 35 heavy (non-hydrogen) atoms. The van der Waals surface area contributed by atoms with Crippen LogP contribution in [0.1, 0.15) is 47.8 Å². The van der Waals surface area contributed by atoms with Crippen LogP contribution in [0.4, 0.5) is 0 Å². The van der Waals surface area contributed by atoms with Crippen molar-refractivity contribution in [2.24, 2.45) is 11.8 Å². The van der Waals surface area contributed by atoms with Gasteiger partial charge in [-0.2, -0.15) is 0 Å². The number of benzene rings is 3. The summed E-state index contributed by atoms with van der Waals surface area (Å²) in [6, 6.07) is 21.4. The zero-order chi connectivity index (χ0) is 24.9. The van der Waals surface area contributed by atoms with E-state index in [1.807, 2.05) is 24.3 Å². The monoisotopic (exact) mass is 460 g/mol. The van der Waals surface area contributed by atoms with Crippen molar-refractivity contribution in [1.29, 1.82) is 0 Å². The first-order chi connectivity index (χ1) is 16.8. The second kappa shape index (κ2) is 9.04. The van der Waals surface area contributed by atoms with Crippen LogP contribution in [-0.2, 0) is 11.2 Å². The Morgan fingerprint density at radius 1 is 0.914 bits per heavy atom. The molecule has 1 aliphatic heterocycles. The fourth-order valence-electron chi connectivity index (χ4n) is 6.34. The lowest BCUT2D eigenvalue weighted by Gasteiger charge is -2.41. The van der Waals surface area contributed by atoms with Crippen LogP contribution in [0.25, 0.3) is 11.1 Å². The number of rotatable bonds is 3. The first-order valence-corrected chi connectivity index (χ1v) is 12.6. The molecule has 0 spiro atoms. The Bertz CT molecular complexity index is 1360. The van der Waals surface area contributed by atoms with Gasteiger partial charge in [-0.05, 0) is 69.2 Å². The molecule has 0 bridgehead atoms. The van der Waals surface area contributed by atoms with Gasteiger partial charge in [0.1, 0.15) is 0 Å². The third-order valence-electron chi connectivity index (χ3n) is 8.16. The van der Waals surface area contributed by atoms with Crippen LogP contribution in [0.15, 0.2) is 83.4 Å². The first kappa shape index (κ1) is 23.4. The van der Waals surface area contributed by atoms with Crippen molar-refractivity contribution in [3.63, 3.8) is 0 Å². The van der Waals surface area contributed by atoms with E-state index in [9.17, 15) is 4.79 Å². The van der Waals surface area contributed by atoms with Gasteiger partial charge < -0.3 is 4.74 Å². The van der Waals surface area contributed by atoms with E-state index in [4.69, 9.17) is 4.74 Å². The molecule has 3 aromatic carbocycles. The Hall–Kier alpha value is -3.33. The highest BCUT2D eigenvalue weighted by atomic mass is 16.5. The Morgan fingerprint density at radius 3 is 2.17 bits per heavy atom. The Balaban J connectivity index is 1.60. The van der Waals surface area contributed by atoms with E-state index in [-0.39, 0.29) is 12.7 Å². The molecular weight excluding hydrogens is 427 g/mol. The molecule has 2 atom stereocenters. The lowest BCUT2D eigenvalue weighted by atomic mass is 9.29. The number of fused-ring (bicyclic) bond motifs is 2. The van der Waals surface area contributed by atoms with Crippen LogP contribution < -0.4 is 10.9 Å². The summed E-state index contributed by atoms with van der Waals surface area (Å²) in [6.45, 7) is 11.8. The summed E-state index contributed by atoms with van der Waals surface area (Å²) in [4.78, 5) is 11.8. The maximum Gasteiger partial charge on any atom is 0.337 e. The number of hydrogen-bond acceptors (Lipinski definition) is 2. The fraction of sp³-hybridized carbons (Fsp3) is 0.281. The molecule has 0 amide bonds. The van der Waals surface area contributed by atoms with Gasteiger partial charge in [-0.1, -0.05) is 106 Å². The molecule has 5 rings (SSSR count). The number of allylic oxidation sites excluding steroid dienone is 4. The molecule has 3 aromatic rings. The molecule has 1 heterocycles. The van der Waals surface area contributed by atoms with E-state index in [2.05, 4.69) is 77.1 Å². The van der Waals surface area contributed by atoms with Crippen molar-refractivity contribution >= 4 is 23.6 Å². The number of carbonyl (C=O) groups excluding carboxylic acids is 1. The van der Waals surface area contributed by atoms with Crippen molar-refractivity contribution in [2.75, 3.05) is 7.11 Å². The normalized spacial score (nSPS) is 19.1. The summed E-state index contributed by atoms with van der Waals surface area (Å²) in [5.74, 6) is 0.791. The van der Waals surface area contributed by atoms with E-state index in [1.165, 1.54) is 45.9 Å². The minimum atomic E-state index is -0.308. The SMILES string of the molecule is COC(=O)c1ccc(-c2ccc(B3C4=C(C)C=C(C)C(C)C4Cc4cc(C)cc(C)c43)cc2)cc1. The average Bonchev–Trinajstić information content (AvgIpc) is 2.85. The second-order valence-electron chi connectivity index (χ2n) is 10.4. The van der Waals surface area contributed by atoms with Crippen LogP contribution >= 0.6 is 0 Å². The molecule has 3 heteroatoms. The van der Waals surface area contributed by atoms with Crippen molar-refractivity contribution in [3.8, 4) is 11.1 Å². The van der Waals surface area contributed by atoms with Gasteiger partial charge in [0.2, 0.25) is 6.71 Å². The Morgan fingerprint density at radius 2 is 1.54 bits per heavy atom. The highest BCUT2D eigenvalue weighted by Crippen LogP contribution is 2.40. The van der Waals surface area contributed by atoms with Gasteiger partial charge in [-0.15, -0.1) is 0 Å². The van der Waals surface area contributed by atoms with Crippen LogP contribution in [-0.4, -0.2) is 19.8 Å². The number of ether oxygens (including phenoxy) is 1. The van der Waals surface area contributed by atoms with Gasteiger partial charge in [-0.3, -0.25) is 0 Å². The molecule has 0 saturated heterocycles. The number of carbonyl (C=O) groups is 1. The minimum Gasteiger partial charge on any atom is -0.465 e.